The van der Waals surface area contributed by atoms with E-state index in [9.17, 15) is 4.79 Å². The van der Waals surface area contributed by atoms with Gasteiger partial charge in [0, 0.05) is 18.7 Å². The number of carbonyl (C=O) groups is 1. The number of ether oxygens (including phenoxy) is 2. The number of benzene rings is 2. The number of carbonyl (C=O) groups excluding carboxylic acids is 1. The quantitative estimate of drug-likeness (QED) is 0.705. The average molecular weight is 348 g/mol. The van der Waals surface area contributed by atoms with Gasteiger partial charge in [0.1, 0.15) is 11.3 Å². The molecule has 0 N–H and O–H groups in total. The zero-order valence-corrected chi connectivity index (χ0v) is 14.1. The van der Waals surface area contributed by atoms with Crippen LogP contribution in [0.15, 0.2) is 58.0 Å². The van der Waals surface area contributed by atoms with Crippen molar-refractivity contribution in [1.82, 2.24) is 5.01 Å². The Labute approximate surface area is 149 Å². The standard InChI is InChI=1S/C20H16N2O4/c1-12(23)22-16(13-6-7-18-20(8-13)25-11-24-18)10-15(21-22)19-9-14-4-2-3-5-17(14)26-19/h2-9,16H,10-11H2,1H3. The molecular weight excluding hydrogens is 332 g/mol. The molecule has 0 saturated carbocycles. The number of hydrogen-bond donors (Lipinski definition) is 0. The molecular formula is C20H16N2O4. The van der Waals surface area contributed by atoms with Crippen LogP contribution in [0.25, 0.3) is 11.0 Å². The van der Waals surface area contributed by atoms with E-state index >= 15 is 0 Å². The third kappa shape index (κ3) is 2.34. The minimum atomic E-state index is -0.190. The third-order valence-electron chi connectivity index (χ3n) is 4.72. The molecule has 1 aromatic heterocycles. The largest absolute Gasteiger partial charge is 0.455 e. The van der Waals surface area contributed by atoms with Gasteiger partial charge < -0.3 is 13.9 Å². The summed E-state index contributed by atoms with van der Waals surface area (Å²) in [5.74, 6) is 2.00. The molecule has 2 aromatic carbocycles. The molecule has 0 aliphatic carbocycles. The van der Waals surface area contributed by atoms with E-state index in [1.807, 2.05) is 48.5 Å². The fourth-order valence-electron chi connectivity index (χ4n) is 3.45. The topological polar surface area (TPSA) is 64.3 Å². The Hall–Kier alpha value is -3.28. The zero-order valence-electron chi connectivity index (χ0n) is 14.1. The summed E-state index contributed by atoms with van der Waals surface area (Å²) < 4.78 is 16.8. The van der Waals surface area contributed by atoms with Gasteiger partial charge in [-0.15, -0.1) is 0 Å². The SMILES string of the molecule is CC(=O)N1N=C(c2cc3ccccc3o2)CC1c1ccc2c(c1)OCO2. The van der Waals surface area contributed by atoms with Crippen LogP contribution in [0, 0.1) is 0 Å². The molecule has 0 saturated heterocycles. The summed E-state index contributed by atoms with van der Waals surface area (Å²) >= 11 is 0. The Balaban J connectivity index is 1.51. The molecule has 3 heterocycles. The lowest BCUT2D eigenvalue weighted by atomic mass is 10.0. The van der Waals surface area contributed by atoms with Crippen LogP contribution >= 0.6 is 0 Å². The first kappa shape index (κ1) is 15.0. The fraction of sp³-hybridized carbons (Fsp3) is 0.200. The number of para-hydroxylation sites is 1. The summed E-state index contributed by atoms with van der Waals surface area (Å²) in [6.07, 6.45) is 0.582. The van der Waals surface area contributed by atoms with Crippen LogP contribution in [0.1, 0.15) is 30.7 Å². The molecule has 3 aromatic rings. The summed E-state index contributed by atoms with van der Waals surface area (Å²) in [7, 11) is 0. The van der Waals surface area contributed by atoms with Gasteiger partial charge in [0.25, 0.3) is 0 Å². The maximum absolute atomic E-state index is 12.1. The van der Waals surface area contributed by atoms with Gasteiger partial charge in [-0.1, -0.05) is 24.3 Å². The van der Waals surface area contributed by atoms with Crippen molar-refractivity contribution >= 4 is 22.6 Å². The van der Waals surface area contributed by atoms with E-state index in [1.165, 1.54) is 11.9 Å². The Bertz CT molecular complexity index is 1020. The number of amides is 1. The van der Waals surface area contributed by atoms with E-state index in [0.29, 0.717) is 17.9 Å². The predicted molar refractivity (Wildman–Crippen MR) is 95.2 cm³/mol. The highest BCUT2D eigenvalue weighted by Crippen LogP contribution is 2.39. The van der Waals surface area contributed by atoms with Crippen LogP contribution in [-0.4, -0.2) is 23.4 Å². The van der Waals surface area contributed by atoms with Crippen LogP contribution in [0.2, 0.25) is 0 Å². The smallest absolute Gasteiger partial charge is 0.240 e. The van der Waals surface area contributed by atoms with Crippen molar-refractivity contribution in [1.29, 1.82) is 0 Å². The van der Waals surface area contributed by atoms with Gasteiger partial charge in [-0.2, -0.15) is 5.10 Å². The van der Waals surface area contributed by atoms with Crippen molar-refractivity contribution in [3.8, 4) is 11.5 Å². The van der Waals surface area contributed by atoms with Crippen LogP contribution in [0.4, 0.5) is 0 Å². The third-order valence-corrected chi connectivity index (χ3v) is 4.72. The van der Waals surface area contributed by atoms with Crippen molar-refractivity contribution in [2.24, 2.45) is 5.10 Å². The molecule has 1 amide bonds. The second-order valence-corrected chi connectivity index (χ2v) is 6.39. The second-order valence-electron chi connectivity index (χ2n) is 6.39. The summed E-state index contributed by atoms with van der Waals surface area (Å²) in [5, 5.41) is 7.07. The monoisotopic (exact) mass is 348 g/mol. The summed E-state index contributed by atoms with van der Waals surface area (Å²) in [5.41, 5.74) is 2.53. The van der Waals surface area contributed by atoms with Crippen LogP contribution in [0.5, 0.6) is 11.5 Å². The van der Waals surface area contributed by atoms with Crippen LogP contribution in [-0.2, 0) is 4.79 Å². The molecule has 1 atom stereocenters. The number of nitrogens with zero attached hydrogens (tertiary/aromatic N) is 2. The number of furan rings is 1. The first-order valence-electron chi connectivity index (χ1n) is 8.45. The molecule has 1 unspecified atom stereocenters. The van der Waals surface area contributed by atoms with E-state index in [-0.39, 0.29) is 18.7 Å². The van der Waals surface area contributed by atoms with Crippen molar-refractivity contribution in [2.75, 3.05) is 6.79 Å². The molecule has 2 aliphatic rings. The van der Waals surface area contributed by atoms with E-state index in [0.717, 1.165) is 28.0 Å². The first-order chi connectivity index (χ1) is 12.7. The molecule has 130 valence electrons. The fourth-order valence-corrected chi connectivity index (χ4v) is 3.45. The predicted octanol–water partition coefficient (Wildman–Crippen LogP) is 3.86. The van der Waals surface area contributed by atoms with E-state index < -0.39 is 0 Å². The number of fused-ring (bicyclic) bond motifs is 2. The van der Waals surface area contributed by atoms with Crippen LogP contribution < -0.4 is 9.47 Å². The summed E-state index contributed by atoms with van der Waals surface area (Å²) in [4.78, 5) is 12.1. The lowest BCUT2D eigenvalue weighted by molar-refractivity contribution is -0.130. The first-order valence-corrected chi connectivity index (χ1v) is 8.45. The van der Waals surface area contributed by atoms with Gasteiger partial charge in [-0.25, -0.2) is 5.01 Å². The zero-order chi connectivity index (χ0) is 17.7. The van der Waals surface area contributed by atoms with E-state index in [2.05, 4.69) is 5.10 Å². The summed E-state index contributed by atoms with van der Waals surface area (Å²) in [6.45, 7) is 1.74. The highest BCUT2D eigenvalue weighted by molar-refractivity contribution is 6.03. The molecule has 26 heavy (non-hydrogen) atoms. The minimum Gasteiger partial charge on any atom is -0.455 e. The van der Waals surface area contributed by atoms with Gasteiger partial charge in [0.15, 0.2) is 17.3 Å². The van der Waals surface area contributed by atoms with Gasteiger partial charge in [0.2, 0.25) is 12.7 Å². The molecule has 5 rings (SSSR count). The average Bonchev–Trinajstić information content (AvgIpc) is 3.37. The van der Waals surface area contributed by atoms with Crippen molar-refractivity contribution in [3.63, 3.8) is 0 Å². The highest BCUT2D eigenvalue weighted by Gasteiger charge is 2.33. The van der Waals surface area contributed by atoms with Crippen molar-refractivity contribution < 1.29 is 18.7 Å². The number of hydrazone groups is 1. The minimum absolute atomic E-state index is 0.112. The Morgan fingerprint density at radius 1 is 1.12 bits per heavy atom. The molecule has 0 radical (unpaired) electrons. The van der Waals surface area contributed by atoms with Gasteiger partial charge >= 0.3 is 0 Å². The second kappa shape index (κ2) is 5.62. The van der Waals surface area contributed by atoms with Gasteiger partial charge in [-0.3, -0.25) is 4.79 Å². The van der Waals surface area contributed by atoms with Gasteiger partial charge in [-0.05, 0) is 29.8 Å². The van der Waals surface area contributed by atoms with E-state index in [4.69, 9.17) is 13.9 Å². The lowest BCUT2D eigenvalue weighted by Gasteiger charge is -2.20. The molecule has 2 aliphatic heterocycles. The Morgan fingerprint density at radius 3 is 2.81 bits per heavy atom. The van der Waals surface area contributed by atoms with E-state index in [1.54, 1.807) is 0 Å². The molecule has 0 fully saturated rings. The lowest BCUT2D eigenvalue weighted by Crippen LogP contribution is -2.24. The van der Waals surface area contributed by atoms with Crippen molar-refractivity contribution in [3.05, 3.63) is 59.9 Å². The van der Waals surface area contributed by atoms with Crippen molar-refractivity contribution in [2.45, 2.75) is 19.4 Å². The normalized spacial score (nSPS) is 18.4. The Morgan fingerprint density at radius 2 is 1.96 bits per heavy atom. The molecule has 0 bridgehead atoms. The number of hydrogen-bond acceptors (Lipinski definition) is 5. The van der Waals surface area contributed by atoms with Crippen LogP contribution in [0.3, 0.4) is 0 Å². The maximum atomic E-state index is 12.1. The highest BCUT2D eigenvalue weighted by atomic mass is 16.7. The Kier molecular flexibility index (Phi) is 3.25. The summed E-state index contributed by atoms with van der Waals surface area (Å²) in [6, 6.07) is 15.3. The molecule has 0 spiro atoms. The molecule has 6 heteroatoms. The number of rotatable bonds is 2. The van der Waals surface area contributed by atoms with Gasteiger partial charge in [0.05, 0.1) is 6.04 Å². The molecule has 6 nitrogen and oxygen atoms in total. The maximum Gasteiger partial charge on any atom is 0.240 e.